The number of aromatic amines is 1. The number of rotatable bonds is 5. The summed E-state index contributed by atoms with van der Waals surface area (Å²) in [6.07, 6.45) is 1.81. The van der Waals surface area contributed by atoms with Gasteiger partial charge in [-0.05, 0) is 24.3 Å². The molecule has 0 bridgehead atoms. The maximum atomic E-state index is 11.0. The predicted octanol–water partition coefficient (Wildman–Crippen LogP) is 2.54. The largest absolute Gasteiger partial charge is 0.496 e. The Balaban J connectivity index is 2.18. The molecule has 1 heterocycles. The van der Waals surface area contributed by atoms with Crippen molar-refractivity contribution < 1.29 is 9.66 Å². The van der Waals surface area contributed by atoms with Crippen LogP contribution in [-0.2, 0) is 6.54 Å². The third kappa shape index (κ3) is 2.60. The highest BCUT2D eigenvalue weighted by Gasteiger charge is 2.14. The standard InChI is InChI=1S/C12H13N3O3/c1-18-10-4-5-11(12(7-10)15(16)17)14-8-9-3-2-6-13-9/h2-7,13-14H,8H2,1H3. The number of nitrogens with one attached hydrogen (secondary N) is 2. The van der Waals surface area contributed by atoms with Crippen LogP contribution in [0.5, 0.6) is 5.75 Å². The maximum Gasteiger partial charge on any atom is 0.296 e. The summed E-state index contributed by atoms with van der Waals surface area (Å²) in [5, 5.41) is 14.0. The van der Waals surface area contributed by atoms with Crippen molar-refractivity contribution in [3.05, 3.63) is 52.3 Å². The smallest absolute Gasteiger partial charge is 0.296 e. The van der Waals surface area contributed by atoms with Crippen LogP contribution in [-0.4, -0.2) is 17.0 Å². The zero-order valence-corrected chi connectivity index (χ0v) is 9.84. The summed E-state index contributed by atoms with van der Waals surface area (Å²) < 4.78 is 4.97. The molecule has 18 heavy (non-hydrogen) atoms. The summed E-state index contributed by atoms with van der Waals surface area (Å²) in [6, 6.07) is 8.50. The minimum absolute atomic E-state index is 0.000839. The zero-order chi connectivity index (χ0) is 13.0. The highest BCUT2D eigenvalue weighted by Crippen LogP contribution is 2.29. The van der Waals surface area contributed by atoms with Gasteiger partial charge in [0.05, 0.1) is 24.6 Å². The minimum atomic E-state index is -0.431. The number of aromatic nitrogens is 1. The Morgan fingerprint density at radius 1 is 1.44 bits per heavy atom. The van der Waals surface area contributed by atoms with E-state index in [2.05, 4.69) is 10.3 Å². The molecule has 0 saturated carbocycles. The average molecular weight is 247 g/mol. The van der Waals surface area contributed by atoms with Gasteiger partial charge in [0.15, 0.2) is 0 Å². The first kappa shape index (κ1) is 12.0. The van der Waals surface area contributed by atoms with Gasteiger partial charge < -0.3 is 15.0 Å². The number of hydrogen-bond donors (Lipinski definition) is 2. The van der Waals surface area contributed by atoms with E-state index in [4.69, 9.17) is 4.74 Å². The fraction of sp³-hybridized carbons (Fsp3) is 0.167. The van der Waals surface area contributed by atoms with Gasteiger partial charge in [-0.15, -0.1) is 0 Å². The molecule has 2 rings (SSSR count). The van der Waals surface area contributed by atoms with Gasteiger partial charge in [-0.1, -0.05) is 0 Å². The van der Waals surface area contributed by atoms with Crippen molar-refractivity contribution in [1.29, 1.82) is 0 Å². The Morgan fingerprint density at radius 3 is 2.89 bits per heavy atom. The van der Waals surface area contributed by atoms with Gasteiger partial charge in [0, 0.05) is 11.9 Å². The van der Waals surface area contributed by atoms with E-state index in [1.54, 1.807) is 18.3 Å². The quantitative estimate of drug-likeness (QED) is 0.628. The topological polar surface area (TPSA) is 80.2 Å². The number of nitro groups is 1. The molecule has 6 heteroatoms. The monoisotopic (exact) mass is 247 g/mol. The van der Waals surface area contributed by atoms with Gasteiger partial charge in [0.1, 0.15) is 11.4 Å². The number of nitrogens with zero attached hydrogens (tertiary/aromatic N) is 1. The van der Waals surface area contributed by atoms with Crippen molar-refractivity contribution in [2.45, 2.75) is 6.54 Å². The Labute approximate surface area is 104 Å². The Bertz CT molecular complexity index is 538. The van der Waals surface area contributed by atoms with Gasteiger partial charge >= 0.3 is 0 Å². The van der Waals surface area contributed by atoms with Crippen LogP contribution >= 0.6 is 0 Å². The minimum Gasteiger partial charge on any atom is -0.496 e. The molecule has 0 fully saturated rings. The summed E-state index contributed by atoms with van der Waals surface area (Å²) >= 11 is 0. The first-order valence-electron chi connectivity index (χ1n) is 5.39. The first-order valence-corrected chi connectivity index (χ1v) is 5.39. The number of hydrogen-bond acceptors (Lipinski definition) is 4. The van der Waals surface area contributed by atoms with Crippen molar-refractivity contribution >= 4 is 11.4 Å². The van der Waals surface area contributed by atoms with Crippen molar-refractivity contribution in [2.75, 3.05) is 12.4 Å². The zero-order valence-electron chi connectivity index (χ0n) is 9.84. The van der Waals surface area contributed by atoms with Gasteiger partial charge in [-0.25, -0.2) is 0 Å². The van der Waals surface area contributed by atoms with Crippen LogP contribution in [0.3, 0.4) is 0 Å². The highest BCUT2D eigenvalue weighted by molar-refractivity contribution is 5.63. The molecular weight excluding hydrogens is 234 g/mol. The van der Waals surface area contributed by atoms with Crippen LogP contribution in [0.15, 0.2) is 36.5 Å². The molecule has 0 atom stereocenters. The molecule has 0 aliphatic rings. The van der Waals surface area contributed by atoms with E-state index in [-0.39, 0.29) is 5.69 Å². The van der Waals surface area contributed by atoms with Gasteiger partial charge in [0.25, 0.3) is 5.69 Å². The number of methoxy groups -OCH3 is 1. The van der Waals surface area contributed by atoms with E-state index in [0.717, 1.165) is 5.69 Å². The van der Waals surface area contributed by atoms with E-state index in [9.17, 15) is 10.1 Å². The van der Waals surface area contributed by atoms with Crippen molar-refractivity contribution in [3.63, 3.8) is 0 Å². The Kier molecular flexibility index (Phi) is 3.47. The normalized spacial score (nSPS) is 10.1. The van der Waals surface area contributed by atoms with Crippen molar-refractivity contribution in [3.8, 4) is 5.75 Å². The molecule has 0 aliphatic heterocycles. The summed E-state index contributed by atoms with van der Waals surface area (Å²) in [5.74, 6) is 0.465. The highest BCUT2D eigenvalue weighted by atomic mass is 16.6. The van der Waals surface area contributed by atoms with E-state index >= 15 is 0 Å². The van der Waals surface area contributed by atoms with Crippen LogP contribution in [0.2, 0.25) is 0 Å². The Morgan fingerprint density at radius 2 is 2.28 bits per heavy atom. The molecule has 0 unspecified atom stereocenters. The lowest BCUT2D eigenvalue weighted by Crippen LogP contribution is -2.03. The van der Waals surface area contributed by atoms with Crippen LogP contribution in [0.4, 0.5) is 11.4 Å². The summed E-state index contributed by atoms with van der Waals surface area (Å²) in [4.78, 5) is 13.5. The second-order valence-corrected chi connectivity index (χ2v) is 3.69. The first-order chi connectivity index (χ1) is 8.70. The molecular formula is C12H13N3O3. The summed E-state index contributed by atoms with van der Waals surface area (Å²) in [5.41, 5.74) is 1.43. The lowest BCUT2D eigenvalue weighted by atomic mass is 10.2. The fourth-order valence-electron chi connectivity index (χ4n) is 1.61. The number of ether oxygens (including phenoxy) is 1. The Hall–Kier alpha value is -2.50. The molecule has 0 saturated heterocycles. The molecule has 6 nitrogen and oxygen atoms in total. The molecule has 2 aromatic rings. The summed E-state index contributed by atoms with van der Waals surface area (Å²) in [7, 11) is 1.48. The number of H-pyrrole nitrogens is 1. The SMILES string of the molecule is COc1ccc(NCc2ccc[nH]2)c([N+](=O)[O-])c1. The predicted molar refractivity (Wildman–Crippen MR) is 67.8 cm³/mol. The maximum absolute atomic E-state index is 11.0. The van der Waals surface area contributed by atoms with Crippen LogP contribution < -0.4 is 10.1 Å². The van der Waals surface area contributed by atoms with E-state index in [1.807, 2.05) is 12.1 Å². The third-order valence-corrected chi connectivity index (χ3v) is 2.53. The van der Waals surface area contributed by atoms with Crippen molar-refractivity contribution in [1.82, 2.24) is 4.98 Å². The molecule has 0 radical (unpaired) electrons. The van der Waals surface area contributed by atoms with Gasteiger partial charge in [-0.2, -0.15) is 0 Å². The second-order valence-electron chi connectivity index (χ2n) is 3.69. The van der Waals surface area contributed by atoms with E-state index in [0.29, 0.717) is 18.0 Å². The van der Waals surface area contributed by atoms with Crippen LogP contribution in [0.25, 0.3) is 0 Å². The molecule has 1 aromatic carbocycles. The molecule has 1 aromatic heterocycles. The van der Waals surface area contributed by atoms with E-state index < -0.39 is 4.92 Å². The van der Waals surface area contributed by atoms with E-state index in [1.165, 1.54) is 13.2 Å². The molecule has 0 spiro atoms. The number of anilines is 1. The van der Waals surface area contributed by atoms with Crippen molar-refractivity contribution in [2.24, 2.45) is 0 Å². The number of benzene rings is 1. The third-order valence-electron chi connectivity index (χ3n) is 2.53. The molecule has 0 amide bonds. The summed E-state index contributed by atoms with van der Waals surface area (Å²) in [6.45, 7) is 0.500. The fourth-order valence-corrected chi connectivity index (χ4v) is 1.61. The van der Waals surface area contributed by atoms with Crippen LogP contribution in [0, 0.1) is 10.1 Å². The van der Waals surface area contributed by atoms with Gasteiger partial charge in [0.2, 0.25) is 0 Å². The molecule has 94 valence electrons. The lowest BCUT2D eigenvalue weighted by molar-refractivity contribution is -0.384. The second kappa shape index (κ2) is 5.22. The molecule has 2 N–H and O–H groups in total. The van der Waals surface area contributed by atoms with Crippen LogP contribution in [0.1, 0.15) is 5.69 Å². The number of nitro benzene ring substituents is 1. The van der Waals surface area contributed by atoms with Gasteiger partial charge in [-0.3, -0.25) is 10.1 Å². The molecule has 0 aliphatic carbocycles. The lowest BCUT2D eigenvalue weighted by Gasteiger charge is -2.07. The average Bonchev–Trinajstić information content (AvgIpc) is 2.89.